The van der Waals surface area contributed by atoms with Crippen LogP contribution < -0.4 is 0 Å². The van der Waals surface area contributed by atoms with Gasteiger partial charge in [-0.3, -0.25) is 4.79 Å². The molecule has 1 aliphatic heterocycles. The van der Waals surface area contributed by atoms with Crippen molar-refractivity contribution in [2.45, 2.75) is 45.6 Å². The van der Waals surface area contributed by atoms with E-state index in [1.54, 1.807) is 0 Å². The zero-order valence-corrected chi connectivity index (χ0v) is 11.5. The zero-order valence-electron chi connectivity index (χ0n) is 11.5. The van der Waals surface area contributed by atoms with Gasteiger partial charge >= 0.3 is 0 Å². The summed E-state index contributed by atoms with van der Waals surface area (Å²) in [4.78, 5) is 14.1. The summed E-state index contributed by atoms with van der Waals surface area (Å²) < 4.78 is 2.27. The molecule has 0 bridgehead atoms. The van der Waals surface area contributed by atoms with E-state index in [4.69, 9.17) is 0 Å². The minimum atomic E-state index is 0.342. The fourth-order valence-electron chi connectivity index (χ4n) is 2.57. The Morgan fingerprint density at radius 3 is 2.39 bits per heavy atom. The average Bonchev–Trinajstić information content (AvgIpc) is 2.90. The number of piperidine rings is 1. The molecule has 0 aromatic carbocycles. The monoisotopic (exact) mass is 248 g/mol. The van der Waals surface area contributed by atoms with E-state index in [-0.39, 0.29) is 0 Å². The molecule has 3 nitrogen and oxygen atoms in total. The number of amides is 1. The van der Waals surface area contributed by atoms with Gasteiger partial charge in [0.2, 0.25) is 5.91 Å². The maximum absolute atomic E-state index is 12.0. The molecule has 1 aromatic rings. The van der Waals surface area contributed by atoms with E-state index in [0.717, 1.165) is 32.4 Å². The van der Waals surface area contributed by atoms with E-state index in [1.165, 1.54) is 0 Å². The van der Waals surface area contributed by atoms with Gasteiger partial charge in [0.05, 0.1) is 0 Å². The molecule has 2 heterocycles. The van der Waals surface area contributed by atoms with Crippen LogP contribution in [0.4, 0.5) is 0 Å². The van der Waals surface area contributed by atoms with Gasteiger partial charge in [0.15, 0.2) is 0 Å². The Bertz CT molecular complexity index is 362. The maximum Gasteiger partial charge on any atom is 0.222 e. The Morgan fingerprint density at radius 2 is 1.83 bits per heavy atom. The lowest BCUT2D eigenvalue weighted by molar-refractivity contribution is -0.132. The third kappa shape index (κ3) is 3.37. The maximum atomic E-state index is 12.0. The molecule has 0 spiro atoms. The molecule has 1 fully saturated rings. The van der Waals surface area contributed by atoms with Crippen molar-refractivity contribution >= 4 is 5.91 Å². The predicted octanol–water partition coefficient (Wildman–Crippen LogP) is 3.09. The van der Waals surface area contributed by atoms with Crippen molar-refractivity contribution in [3.8, 4) is 0 Å². The summed E-state index contributed by atoms with van der Waals surface area (Å²) in [7, 11) is 0. The molecule has 1 saturated heterocycles. The minimum Gasteiger partial charge on any atom is -0.351 e. The van der Waals surface area contributed by atoms with E-state index in [9.17, 15) is 4.79 Å². The lowest BCUT2D eigenvalue weighted by Gasteiger charge is -2.33. The van der Waals surface area contributed by atoms with Crippen molar-refractivity contribution in [3.63, 3.8) is 0 Å². The third-order valence-corrected chi connectivity index (χ3v) is 3.80. The van der Waals surface area contributed by atoms with Crippen LogP contribution in [-0.4, -0.2) is 28.5 Å². The van der Waals surface area contributed by atoms with Crippen molar-refractivity contribution < 1.29 is 4.79 Å². The summed E-state index contributed by atoms with van der Waals surface area (Å²) in [6.07, 6.45) is 8.15. The van der Waals surface area contributed by atoms with Crippen molar-refractivity contribution in [2.75, 3.05) is 13.1 Å². The standard InChI is InChI=1S/C15H24N2O/c1-13(2)5-6-15(18)17-11-7-14(8-12-17)16-9-3-4-10-16/h3-4,9-10,13-14H,5-8,11-12H2,1-2H3. The normalized spacial score (nSPS) is 17.4. The quantitative estimate of drug-likeness (QED) is 0.804. The van der Waals surface area contributed by atoms with Gasteiger partial charge in [-0.2, -0.15) is 0 Å². The summed E-state index contributed by atoms with van der Waals surface area (Å²) in [5, 5.41) is 0. The second-order valence-corrected chi connectivity index (χ2v) is 5.67. The molecular formula is C15H24N2O. The highest BCUT2D eigenvalue weighted by atomic mass is 16.2. The summed E-state index contributed by atoms with van der Waals surface area (Å²) in [5.41, 5.74) is 0. The fourth-order valence-corrected chi connectivity index (χ4v) is 2.57. The molecule has 0 radical (unpaired) electrons. The third-order valence-electron chi connectivity index (χ3n) is 3.80. The smallest absolute Gasteiger partial charge is 0.222 e. The molecule has 0 unspecified atom stereocenters. The molecule has 0 atom stereocenters. The Balaban J connectivity index is 1.78. The number of likely N-dealkylation sites (tertiary alicyclic amines) is 1. The number of hydrogen-bond acceptors (Lipinski definition) is 1. The average molecular weight is 248 g/mol. The van der Waals surface area contributed by atoms with Gasteiger partial charge in [0.25, 0.3) is 0 Å². The molecule has 18 heavy (non-hydrogen) atoms. The van der Waals surface area contributed by atoms with Crippen LogP contribution in [0.1, 0.15) is 45.6 Å². The van der Waals surface area contributed by atoms with E-state index in [0.29, 0.717) is 24.3 Å². The Hall–Kier alpha value is -1.25. The molecule has 0 N–H and O–H groups in total. The number of carbonyl (C=O) groups excluding carboxylic acids is 1. The highest BCUT2D eigenvalue weighted by Gasteiger charge is 2.22. The SMILES string of the molecule is CC(C)CCC(=O)N1CCC(n2cccc2)CC1. The van der Waals surface area contributed by atoms with Crippen LogP contribution in [0.25, 0.3) is 0 Å². The van der Waals surface area contributed by atoms with Gasteiger partial charge in [-0.25, -0.2) is 0 Å². The first-order chi connectivity index (χ1) is 8.66. The molecule has 0 aliphatic carbocycles. The first kappa shape index (κ1) is 13.2. The zero-order chi connectivity index (χ0) is 13.0. The molecule has 1 aromatic heterocycles. The van der Waals surface area contributed by atoms with Gasteiger partial charge in [-0.15, -0.1) is 0 Å². The number of rotatable bonds is 4. The van der Waals surface area contributed by atoms with Gasteiger partial charge in [0.1, 0.15) is 0 Å². The Morgan fingerprint density at radius 1 is 1.22 bits per heavy atom. The van der Waals surface area contributed by atoms with Crippen LogP contribution in [0.3, 0.4) is 0 Å². The number of carbonyl (C=O) groups is 1. The van der Waals surface area contributed by atoms with Crippen LogP contribution in [-0.2, 0) is 4.79 Å². The van der Waals surface area contributed by atoms with E-state index in [1.807, 2.05) is 4.90 Å². The van der Waals surface area contributed by atoms with E-state index < -0.39 is 0 Å². The van der Waals surface area contributed by atoms with Gasteiger partial charge < -0.3 is 9.47 Å². The van der Waals surface area contributed by atoms with Crippen LogP contribution in [0, 0.1) is 5.92 Å². The number of hydrogen-bond donors (Lipinski definition) is 0. The molecule has 1 amide bonds. The lowest BCUT2D eigenvalue weighted by Crippen LogP contribution is -2.38. The van der Waals surface area contributed by atoms with Crippen molar-refractivity contribution in [1.82, 2.24) is 9.47 Å². The molecule has 2 rings (SSSR count). The van der Waals surface area contributed by atoms with Crippen molar-refractivity contribution in [2.24, 2.45) is 5.92 Å². The van der Waals surface area contributed by atoms with E-state index >= 15 is 0 Å². The fraction of sp³-hybridized carbons (Fsp3) is 0.667. The largest absolute Gasteiger partial charge is 0.351 e. The van der Waals surface area contributed by atoms with Gasteiger partial charge in [0, 0.05) is 37.9 Å². The topological polar surface area (TPSA) is 25.2 Å². The van der Waals surface area contributed by atoms with Crippen LogP contribution in [0.2, 0.25) is 0 Å². The van der Waals surface area contributed by atoms with Crippen LogP contribution >= 0.6 is 0 Å². The molecule has 1 aliphatic rings. The molecular weight excluding hydrogens is 224 g/mol. The molecule has 0 saturated carbocycles. The van der Waals surface area contributed by atoms with Crippen molar-refractivity contribution in [1.29, 1.82) is 0 Å². The van der Waals surface area contributed by atoms with E-state index in [2.05, 4.69) is 42.9 Å². The Kier molecular flexibility index (Phi) is 4.45. The lowest BCUT2D eigenvalue weighted by atomic mass is 10.0. The minimum absolute atomic E-state index is 0.342. The summed E-state index contributed by atoms with van der Waals surface area (Å²) >= 11 is 0. The van der Waals surface area contributed by atoms with Crippen molar-refractivity contribution in [3.05, 3.63) is 24.5 Å². The Labute approximate surface area is 110 Å². The molecule has 3 heteroatoms. The second-order valence-electron chi connectivity index (χ2n) is 5.67. The van der Waals surface area contributed by atoms with Gasteiger partial charge in [-0.05, 0) is 37.3 Å². The highest BCUT2D eigenvalue weighted by Crippen LogP contribution is 2.23. The molecule has 100 valence electrons. The summed E-state index contributed by atoms with van der Waals surface area (Å²) in [6, 6.07) is 4.72. The highest BCUT2D eigenvalue weighted by molar-refractivity contribution is 5.76. The number of aromatic nitrogens is 1. The number of nitrogens with zero attached hydrogens (tertiary/aromatic N) is 2. The van der Waals surface area contributed by atoms with Crippen LogP contribution in [0.15, 0.2) is 24.5 Å². The van der Waals surface area contributed by atoms with Crippen LogP contribution in [0.5, 0.6) is 0 Å². The summed E-state index contributed by atoms with van der Waals surface area (Å²) in [6.45, 7) is 6.18. The first-order valence-corrected chi connectivity index (χ1v) is 7.07. The van der Waals surface area contributed by atoms with Gasteiger partial charge in [-0.1, -0.05) is 13.8 Å². The predicted molar refractivity (Wildman–Crippen MR) is 73.4 cm³/mol. The second kappa shape index (κ2) is 6.07. The summed E-state index contributed by atoms with van der Waals surface area (Å²) in [5.74, 6) is 0.959. The first-order valence-electron chi connectivity index (χ1n) is 7.07.